The SMILES string of the molecule is COc1ccc([C@@H](O)C(F)(F)C(=O)c2ccc3ccccc3c2)cc1. The van der Waals surface area contributed by atoms with Gasteiger partial charge in [-0.25, -0.2) is 0 Å². The fourth-order valence-electron chi connectivity index (χ4n) is 2.64. The predicted molar refractivity (Wildman–Crippen MR) is 91.2 cm³/mol. The number of halogens is 2. The average Bonchev–Trinajstić information content (AvgIpc) is 2.66. The summed E-state index contributed by atoms with van der Waals surface area (Å²) in [7, 11) is 1.45. The lowest BCUT2D eigenvalue weighted by Gasteiger charge is -2.22. The number of benzene rings is 3. The first kappa shape index (κ1) is 17.0. The van der Waals surface area contributed by atoms with Crippen molar-refractivity contribution >= 4 is 16.6 Å². The summed E-state index contributed by atoms with van der Waals surface area (Å²) in [5.74, 6) is -4.89. The molecule has 0 heterocycles. The molecule has 0 saturated heterocycles. The van der Waals surface area contributed by atoms with Gasteiger partial charge in [-0.3, -0.25) is 4.79 Å². The lowest BCUT2D eigenvalue weighted by atomic mass is 9.95. The van der Waals surface area contributed by atoms with Crippen LogP contribution in [0.25, 0.3) is 10.8 Å². The third-order valence-corrected chi connectivity index (χ3v) is 4.09. The molecule has 1 atom stereocenters. The molecule has 0 fully saturated rings. The molecule has 3 aromatic carbocycles. The molecule has 3 nitrogen and oxygen atoms in total. The molecule has 0 saturated carbocycles. The Morgan fingerprint density at radius 2 is 1.64 bits per heavy atom. The maximum Gasteiger partial charge on any atom is 0.339 e. The Labute approximate surface area is 143 Å². The van der Waals surface area contributed by atoms with Gasteiger partial charge < -0.3 is 9.84 Å². The first-order chi connectivity index (χ1) is 11.9. The Balaban J connectivity index is 1.91. The highest BCUT2D eigenvalue weighted by atomic mass is 19.3. The van der Waals surface area contributed by atoms with Gasteiger partial charge in [-0.15, -0.1) is 0 Å². The lowest BCUT2D eigenvalue weighted by molar-refractivity contribution is -0.0792. The van der Waals surface area contributed by atoms with Crippen LogP contribution < -0.4 is 4.74 Å². The summed E-state index contributed by atoms with van der Waals surface area (Å²) in [5, 5.41) is 11.6. The van der Waals surface area contributed by atoms with E-state index < -0.39 is 17.8 Å². The molecule has 0 aliphatic rings. The number of methoxy groups -OCH3 is 1. The average molecular weight is 342 g/mol. The van der Waals surface area contributed by atoms with E-state index in [9.17, 15) is 18.7 Å². The molecule has 0 aromatic heterocycles. The molecule has 128 valence electrons. The van der Waals surface area contributed by atoms with E-state index in [4.69, 9.17) is 4.74 Å². The zero-order chi connectivity index (χ0) is 18.0. The van der Waals surface area contributed by atoms with Crippen molar-refractivity contribution in [2.24, 2.45) is 0 Å². The van der Waals surface area contributed by atoms with E-state index in [1.54, 1.807) is 18.2 Å². The Kier molecular flexibility index (Phi) is 4.51. The van der Waals surface area contributed by atoms with Crippen LogP contribution in [0.1, 0.15) is 22.0 Å². The molecule has 0 radical (unpaired) electrons. The van der Waals surface area contributed by atoms with E-state index >= 15 is 0 Å². The number of carbonyl (C=O) groups is 1. The van der Waals surface area contributed by atoms with Gasteiger partial charge in [0.15, 0.2) is 6.10 Å². The molecular formula is C20H16F2O3. The Morgan fingerprint density at radius 1 is 1.00 bits per heavy atom. The summed E-state index contributed by atoms with van der Waals surface area (Å²) in [4.78, 5) is 12.3. The number of hydrogen-bond acceptors (Lipinski definition) is 3. The molecule has 0 unspecified atom stereocenters. The number of rotatable bonds is 5. The topological polar surface area (TPSA) is 46.5 Å². The minimum Gasteiger partial charge on any atom is -0.497 e. The quantitative estimate of drug-likeness (QED) is 0.699. The fourth-order valence-corrected chi connectivity index (χ4v) is 2.64. The van der Waals surface area contributed by atoms with E-state index in [0.717, 1.165) is 5.39 Å². The first-order valence-electron chi connectivity index (χ1n) is 7.67. The highest BCUT2D eigenvalue weighted by molar-refractivity contribution is 6.04. The summed E-state index contributed by atoms with van der Waals surface area (Å²) in [6, 6.07) is 17.1. The van der Waals surface area contributed by atoms with Crippen molar-refractivity contribution in [3.63, 3.8) is 0 Å². The van der Waals surface area contributed by atoms with Crippen molar-refractivity contribution in [2.75, 3.05) is 7.11 Å². The number of alkyl halides is 2. The van der Waals surface area contributed by atoms with Gasteiger partial charge in [0.2, 0.25) is 5.78 Å². The summed E-state index contributed by atoms with van der Waals surface area (Å²) in [6.07, 6.45) is -2.24. The zero-order valence-corrected chi connectivity index (χ0v) is 13.4. The van der Waals surface area contributed by atoms with Crippen LogP contribution >= 0.6 is 0 Å². The van der Waals surface area contributed by atoms with Crippen LogP contribution in [0.4, 0.5) is 8.78 Å². The second kappa shape index (κ2) is 6.61. The van der Waals surface area contributed by atoms with E-state index in [-0.39, 0.29) is 11.1 Å². The first-order valence-corrected chi connectivity index (χ1v) is 7.67. The third kappa shape index (κ3) is 3.23. The second-order valence-electron chi connectivity index (χ2n) is 5.69. The second-order valence-corrected chi connectivity index (χ2v) is 5.69. The maximum atomic E-state index is 14.5. The molecule has 0 spiro atoms. The summed E-state index contributed by atoms with van der Waals surface area (Å²) in [6.45, 7) is 0. The molecule has 3 rings (SSSR count). The van der Waals surface area contributed by atoms with Crippen LogP contribution in [-0.4, -0.2) is 23.9 Å². The molecule has 3 aromatic rings. The highest BCUT2D eigenvalue weighted by Crippen LogP contribution is 2.35. The number of carbonyl (C=O) groups excluding carboxylic acids is 1. The van der Waals surface area contributed by atoms with Crippen LogP contribution in [0, 0.1) is 0 Å². The summed E-state index contributed by atoms with van der Waals surface area (Å²) >= 11 is 0. The summed E-state index contributed by atoms with van der Waals surface area (Å²) < 4.78 is 34.0. The lowest BCUT2D eigenvalue weighted by Crippen LogP contribution is -2.35. The number of fused-ring (bicyclic) bond motifs is 1. The molecule has 0 aliphatic heterocycles. The molecule has 0 amide bonds. The van der Waals surface area contributed by atoms with Gasteiger partial charge in [0.1, 0.15) is 5.75 Å². The molecule has 1 N–H and O–H groups in total. The minimum atomic E-state index is -3.95. The van der Waals surface area contributed by atoms with Gasteiger partial charge in [-0.1, -0.05) is 48.5 Å². The highest BCUT2D eigenvalue weighted by Gasteiger charge is 2.47. The molecule has 0 aliphatic carbocycles. The van der Waals surface area contributed by atoms with Crippen molar-refractivity contribution in [1.29, 1.82) is 0 Å². The standard InChI is InChI=1S/C20H16F2O3/c1-25-17-10-8-14(9-11-17)18(23)20(21,22)19(24)16-7-6-13-4-2-3-5-15(13)12-16/h2-12,18,23H,1H3/t18-/m1/s1. The third-order valence-electron chi connectivity index (χ3n) is 4.09. The van der Waals surface area contributed by atoms with Crippen LogP contribution in [-0.2, 0) is 0 Å². The van der Waals surface area contributed by atoms with Gasteiger partial charge in [-0.05, 0) is 34.5 Å². The van der Waals surface area contributed by atoms with Crippen molar-refractivity contribution in [3.8, 4) is 5.75 Å². The molecule has 5 heteroatoms. The Bertz CT molecular complexity index is 904. The molecule has 25 heavy (non-hydrogen) atoms. The maximum absolute atomic E-state index is 14.5. The number of ether oxygens (including phenoxy) is 1. The van der Waals surface area contributed by atoms with Crippen molar-refractivity contribution in [3.05, 3.63) is 77.9 Å². The molecule has 0 bridgehead atoms. The van der Waals surface area contributed by atoms with Gasteiger partial charge in [0.25, 0.3) is 0 Å². The Hall–Kier alpha value is -2.79. The van der Waals surface area contributed by atoms with E-state index in [1.165, 1.54) is 43.5 Å². The van der Waals surface area contributed by atoms with Crippen LogP contribution in [0.15, 0.2) is 66.7 Å². The van der Waals surface area contributed by atoms with Gasteiger partial charge in [0, 0.05) is 5.56 Å². The summed E-state index contributed by atoms with van der Waals surface area (Å²) in [5.41, 5.74) is -0.198. The smallest absolute Gasteiger partial charge is 0.339 e. The largest absolute Gasteiger partial charge is 0.497 e. The molecular weight excluding hydrogens is 326 g/mol. The number of aliphatic hydroxyl groups is 1. The van der Waals surface area contributed by atoms with Crippen LogP contribution in [0.3, 0.4) is 0 Å². The van der Waals surface area contributed by atoms with Crippen LogP contribution in [0.2, 0.25) is 0 Å². The predicted octanol–water partition coefficient (Wildman–Crippen LogP) is 4.40. The van der Waals surface area contributed by atoms with E-state index in [1.807, 2.05) is 12.1 Å². The number of hydrogen-bond donors (Lipinski definition) is 1. The number of ketones is 1. The van der Waals surface area contributed by atoms with Gasteiger partial charge >= 0.3 is 5.92 Å². The van der Waals surface area contributed by atoms with Crippen LogP contribution in [0.5, 0.6) is 5.75 Å². The fraction of sp³-hybridized carbons (Fsp3) is 0.150. The van der Waals surface area contributed by atoms with Crippen molar-refractivity contribution in [2.45, 2.75) is 12.0 Å². The van der Waals surface area contributed by atoms with Crippen molar-refractivity contribution < 1.29 is 23.4 Å². The van der Waals surface area contributed by atoms with Gasteiger partial charge in [0.05, 0.1) is 7.11 Å². The zero-order valence-electron chi connectivity index (χ0n) is 13.4. The Morgan fingerprint density at radius 3 is 2.28 bits per heavy atom. The number of Topliss-reactive ketones (excluding diaryl/α,β-unsaturated/α-hetero) is 1. The van der Waals surface area contributed by atoms with Gasteiger partial charge in [-0.2, -0.15) is 8.78 Å². The van der Waals surface area contributed by atoms with E-state index in [2.05, 4.69) is 0 Å². The minimum absolute atomic E-state index is 0.0556. The normalized spacial score (nSPS) is 12.8. The van der Waals surface area contributed by atoms with E-state index in [0.29, 0.717) is 11.1 Å². The number of aliphatic hydroxyl groups excluding tert-OH is 1. The monoisotopic (exact) mass is 342 g/mol. The van der Waals surface area contributed by atoms with Crippen molar-refractivity contribution in [1.82, 2.24) is 0 Å².